The van der Waals surface area contributed by atoms with Crippen LogP contribution >= 0.6 is 0 Å². The maximum Gasteiger partial charge on any atom is 0.249 e. The maximum atomic E-state index is 12.1. The lowest BCUT2D eigenvalue weighted by Crippen LogP contribution is -2.52. The van der Waals surface area contributed by atoms with E-state index in [0.29, 0.717) is 6.42 Å². The molecule has 1 unspecified atom stereocenters. The van der Waals surface area contributed by atoms with E-state index in [1.165, 1.54) is 0 Å². The van der Waals surface area contributed by atoms with Gasteiger partial charge in [0.1, 0.15) is 6.04 Å². The Morgan fingerprint density at radius 2 is 1.88 bits per heavy atom. The summed E-state index contributed by atoms with van der Waals surface area (Å²) < 4.78 is 0. The van der Waals surface area contributed by atoms with Crippen LogP contribution in [-0.4, -0.2) is 49.9 Å². The third-order valence-electron chi connectivity index (χ3n) is 4.36. The summed E-state index contributed by atoms with van der Waals surface area (Å²) in [7, 11) is 0. The van der Waals surface area contributed by atoms with Gasteiger partial charge < -0.3 is 15.5 Å². The Kier molecular flexibility index (Phi) is 5.10. The quantitative estimate of drug-likeness (QED) is 0.651. The number of benzene rings is 1. The number of piperidine rings is 1. The second-order valence-corrected chi connectivity index (χ2v) is 6.15. The third kappa shape index (κ3) is 4.11. The van der Waals surface area contributed by atoms with Crippen molar-refractivity contribution >= 4 is 23.4 Å². The Balaban J connectivity index is 1.52. The van der Waals surface area contributed by atoms with E-state index in [1.54, 1.807) is 0 Å². The summed E-state index contributed by atoms with van der Waals surface area (Å²) in [5, 5.41) is 8.25. The fraction of sp³-hybridized carbons (Fsp3) is 0.471. The molecular formula is C17H22N4O3. The molecule has 3 N–H and O–H groups in total. The number of carbonyl (C=O) groups is 3. The van der Waals surface area contributed by atoms with Crippen molar-refractivity contribution in [3.63, 3.8) is 0 Å². The van der Waals surface area contributed by atoms with Crippen LogP contribution < -0.4 is 20.9 Å². The maximum absolute atomic E-state index is 12.1. The normalized spacial score (nSPS) is 21.3. The standard InChI is InChI=1S/C17H22N4O3/c22-15-6-5-14(17(24)20-15)19-16(23)11-12-1-3-13(4-2-12)21-9-7-18-8-10-21/h1-4,14,18H,5-11H2,(H,19,23)(H,20,22,24). The molecule has 7 heteroatoms. The molecule has 2 aliphatic heterocycles. The van der Waals surface area contributed by atoms with Crippen LogP contribution in [0.5, 0.6) is 0 Å². The molecular weight excluding hydrogens is 308 g/mol. The summed E-state index contributed by atoms with van der Waals surface area (Å²) in [6, 6.07) is 7.33. The number of hydrogen-bond donors (Lipinski definition) is 3. The first-order valence-corrected chi connectivity index (χ1v) is 8.29. The van der Waals surface area contributed by atoms with Crippen molar-refractivity contribution in [3.8, 4) is 0 Å². The van der Waals surface area contributed by atoms with Gasteiger partial charge in [-0.3, -0.25) is 19.7 Å². The number of nitrogens with one attached hydrogen (secondary N) is 3. The van der Waals surface area contributed by atoms with Gasteiger partial charge in [0.05, 0.1) is 6.42 Å². The smallest absolute Gasteiger partial charge is 0.249 e. The van der Waals surface area contributed by atoms with Crippen LogP contribution in [0.25, 0.3) is 0 Å². The molecule has 1 aromatic rings. The van der Waals surface area contributed by atoms with Crippen LogP contribution in [-0.2, 0) is 20.8 Å². The number of carbonyl (C=O) groups excluding carboxylic acids is 3. The number of anilines is 1. The molecule has 0 bridgehead atoms. The zero-order valence-electron chi connectivity index (χ0n) is 13.5. The molecule has 3 amide bonds. The Morgan fingerprint density at radius 1 is 1.17 bits per heavy atom. The lowest BCUT2D eigenvalue weighted by Gasteiger charge is -2.29. The third-order valence-corrected chi connectivity index (χ3v) is 4.36. The predicted octanol–water partition coefficient (Wildman–Crippen LogP) is -0.440. The second-order valence-electron chi connectivity index (χ2n) is 6.15. The summed E-state index contributed by atoms with van der Waals surface area (Å²) in [5.41, 5.74) is 2.06. The highest BCUT2D eigenvalue weighted by Gasteiger charge is 2.27. The fourth-order valence-electron chi connectivity index (χ4n) is 3.01. The lowest BCUT2D eigenvalue weighted by molar-refractivity contribution is -0.137. The number of amides is 3. The molecule has 0 aliphatic carbocycles. The molecule has 1 atom stereocenters. The first-order chi connectivity index (χ1) is 11.6. The van der Waals surface area contributed by atoms with Gasteiger partial charge in [0.2, 0.25) is 17.7 Å². The summed E-state index contributed by atoms with van der Waals surface area (Å²) in [5.74, 6) is -0.915. The van der Waals surface area contributed by atoms with E-state index < -0.39 is 11.9 Å². The van der Waals surface area contributed by atoms with Crippen molar-refractivity contribution in [1.82, 2.24) is 16.0 Å². The van der Waals surface area contributed by atoms with Gasteiger partial charge >= 0.3 is 0 Å². The van der Waals surface area contributed by atoms with Crippen molar-refractivity contribution < 1.29 is 14.4 Å². The van der Waals surface area contributed by atoms with Gasteiger partial charge in [-0.2, -0.15) is 0 Å². The molecule has 2 aliphatic rings. The van der Waals surface area contributed by atoms with Gasteiger partial charge in [-0.05, 0) is 24.1 Å². The van der Waals surface area contributed by atoms with E-state index in [2.05, 4.69) is 20.9 Å². The Hall–Kier alpha value is -2.41. The molecule has 7 nitrogen and oxygen atoms in total. The lowest BCUT2D eigenvalue weighted by atomic mass is 10.1. The summed E-state index contributed by atoms with van der Waals surface area (Å²) >= 11 is 0. The molecule has 0 aromatic heterocycles. The monoisotopic (exact) mass is 330 g/mol. The molecule has 0 saturated carbocycles. The zero-order chi connectivity index (χ0) is 16.9. The molecule has 2 fully saturated rings. The minimum absolute atomic E-state index is 0.209. The van der Waals surface area contributed by atoms with E-state index in [0.717, 1.165) is 37.4 Å². The van der Waals surface area contributed by atoms with Gasteiger partial charge in [-0.1, -0.05) is 12.1 Å². The van der Waals surface area contributed by atoms with Crippen molar-refractivity contribution in [1.29, 1.82) is 0 Å². The Labute approximate surface area is 140 Å². The van der Waals surface area contributed by atoms with Crippen molar-refractivity contribution in [3.05, 3.63) is 29.8 Å². The molecule has 24 heavy (non-hydrogen) atoms. The molecule has 2 saturated heterocycles. The fourth-order valence-corrected chi connectivity index (χ4v) is 3.01. The first-order valence-electron chi connectivity index (χ1n) is 8.29. The molecule has 3 rings (SSSR count). The van der Waals surface area contributed by atoms with Crippen LogP contribution in [0.4, 0.5) is 5.69 Å². The topological polar surface area (TPSA) is 90.5 Å². The van der Waals surface area contributed by atoms with E-state index in [-0.39, 0.29) is 24.7 Å². The number of hydrogen-bond acceptors (Lipinski definition) is 5. The van der Waals surface area contributed by atoms with Gasteiger partial charge in [0.25, 0.3) is 0 Å². The molecule has 1 aromatic carbocycles. The average molecular weight is 330 g/mol. The van der Waals surface area contributed by atoms with Crippen LogP contribution in [0, 0.1) is 0 Å². The van der Waals surface area contributed by atoms with E-state index in [1.807, 2.05) is 24.3 Å². The molecule has 0 spiro atoms. The van der Waals surface area contributed by atoms with Crippen LogP contribution in [0.15, 0.2) is 24.3 Å². The minimum Gasteiger partial charge on any atom is -0.369 e. The molecule has 128 valence electrons. The highest BCUT2D eigenvalue weighted by atomic mass is 16.2. The Bertz CT molecular complexity index is 623. The van der Waals surface area contributed by atoms with Crippen molar-refractivity contribution in [2.24, 2.45) is 0 Å². The number of nitrogens with zero attached hydrogens (tertiary/aromatic N) is 1. The van der Waals surface area contributed by atoms with Crippen LogP contribution in [0.3, 0.4) is 0 Å². The SMILES string of the molecule is O=C1CCC(NC(=O)Cc2ccc(N3CCNCC3)cc2)C(=O)N1. The average Bonchev–Trinajstić information content (AvgIpc) is 2.59. The summed E-state index contributed by atoms with van der Waals surface area (Å²) in [6.07, 6.45) is 0.841. The first kappa shape index (κ1) is 16.4. The number of imide groups is 1. The molecule has 2 heterocycles. The van der Waals surface area contributed by atoms with Gasteiger partial charge in [0, 0.05) is 38.3 Å². The van der Waals surface area contributed by atoms with E-state index >= 15 is 0 Å². The van der Waals surface area contributed by atoms with Crippen molar-refractivity contribution in [2.45, 2.75) is 25.3 Å². The minimum atomic E-state index is -0.615. The summed E-state index contributed by atoms with van der Waals surface area (Å²) in [4.78, 5) is 37.2. The highest BCUT2D eigenvalue weighted by Crippen LogP contribution is 2.16. The van der Waals surface area contributed by atoms with E-state index in [4.69, 9.17) is 0 Å². The molecule has 0 radical (unpaired) electrons. The largest absolute Gasteiger partial charge is 0.369 e. The second kappa shape index (κ2) is 7.44. The predicted molar refractivity (Wildman–Crippen MR) is 89.5 cm³/mol. The highest BCUT2D eigenvalue weighted by molar-refractivity contribution is 6.01. The Morgan fingerprint density at radius 3 is 2.54 bits per heavy atom. The van der Waals surface area contributed by atoms with Gasteiger partial charge in [-0.15, -0.1) is 0 Å². The van der Waals surface area contributed by atoms with Gasteiger partial charge in [0.15, 0.2) is 0 Å². The van der Waals surface area contributed by atoms with E-state index in [9.17, 15) is 14.4 Å². The summed E-state index contributed by atoms with van der Waals surface area (Å²) in [6.45, 7) is 3.93. The van der Waals surface area contributed by atoms with Crippen LogP contribution in [0.2, 0.25) is 0 Å². The van der Waals surface area contributed by atoms with Crippen molar-refractivity contribution in [2.75, 3.05) is 31.1 Å². The number of piperazine rings is 1. The number of rotatable bonds is 4. The van der Waals surface area contributed by atoms with Crippen LogP contribution in [0.1, 0.15) is 18.4 Å². The van der Waals surface area contributed by atoms with Gasteiger partial charge in [-0.25, -0.2) is 0 Å². The zero-order valence-corrected chi connectivity index (χ0v) is 13.5.